The van der Waals surface area contributed by atoms with E-state index in [-0.39, 0.29) is 6.04 Å². The van der Waals surface area contributed by atoms with Crippen LogP contribution in [0, 0.1) is 19.3 Å². The third-order valence-corrected chi connectivity index (χ3v) is 1.84. The third kappa shape index (κ3) is 2.11. The molecule has 1 heteroatoms. The standard InChI is InChI=1S/C11H13N/c1-3-4-11(12)10-7-5-9(2)6-8-10/h1,5-8,11H,4,12H2,2H3. The van der Waals surface area contributed by atoms with Gasteiger partial charge in [-0.05, 0) is 12.5 Å². The van der Waals surface area contributed by atoms with E-state index < -0.39 is 0 Å². The van der Waals surface area contributed by atoms with Crippen LogP contribution in [0.5, 0.6) is 0 Å². The average Bonchev–Trinajstić information content (AvgIpc) is 2.06. The Morgan fingerprint density at radius 1 is 1.42 bits per heavy atom. The van der Waals surface area contributed by atoms with Crippen molar-refractivity contribution in [3.05, 3.63) is 35.4 Å². The molecule has 1 aromatic rings. The molecule has 1 rings (SSSR count). The van der Waals surface area contributed by atoms with Crippen LogP contribution >= 0.6 is 0 Å². The number of nitrogens with two attached hydrogens (primary N) is 1. The number of hydrogen-bond donors (Lipinski definition) is 1. The molecular weight excluding hydrogens is 146 g/mol. The van der Waals surface area contributed by atoms with Gasteiger partial charge >= 0.3 is 0 Å². The molecule has 1 atom stereocenters. The number of rotatable bonds is 2. The fourth-order valence-electron chi connectivity index (χ4n) is 1.06. The molecule has 0 radical (unpaired) electrons. The molecular formula is C11H13N. The van der Waals surface area contributed by atoms with Crippen LogP contribution in [0.15, 0.2) is 24.3 Å². The van der Waals surface area contributed by atoms with Gasteiger partial charge in [0.05, 0.1) is 0 Å². The Hall–Kier alpha value is -1.26. The molecule has 2 N–H and O–H groups in total. The number of terminal acetylenes is 1. The summed E-state index contributed by atoms with van der Waals surface area (Å²) in [5.74, 6) is 2.56. The molecule has 12 heavy (non-hydrogen) atoms. The molecule has 0 spiro atoms. The third-order valence-electron chi connectivity index (χ3n) is 1.84. The van der Waals surface area contributed by atoms with Crippen LogP contribution in [0.25, 0.3) is 0 Å². The summed E-state index contributed by atoms with van der Waals surface area (Å²) >= 11 is 0. The molecule has 0 fully saturated rings. The highest BCUT2D eigenvalue weighted by atomic mass is 14.6. The maximum absolute atomic E-state index is 5.81. The monoisotopic (exact) mass is 159 g/mol. The van der Waals surface area contributed by atoms with Crippen LogP contribution in [0.2, 0.25) is 0 Å². The van der Waals surface area contributed by atoms with E-state index in [4.69, 9.17) is 12.2 Å². The molecule has 0 bridgehead atoms. The first-order valence-corrected chi connectivity index (χ1v) is 3.99. The molecule has 0 heterocycles. The lowest BCUT2D eigenvalue weighted by molar-refractivity contribution is 0.754. The summed E-state index contributed by atoms with van der Waals surface area (Å²) in [7, 11) is 0. The minimum absolute atomic E-state index is 0.0180. The number of hydrogen-bond acceptors (Lipinski definition) is 1. The minimum atomic E-state index is -0.0180. The van der Waals surface area contributed by atoms with Crippen molar-refractivity contribution in [3.8, 4) is 12.3 Å². The smallest absolute Gasteiger partial charge is 0.0405 e. The van der Waals surface area contributed by atoms with Gasteiger partial charge in [-0.15, -0.1) is 12.3 Å². The lowest BCUT2D eigenvalue weighted by Gasteiger charge is -2.07. The second kappa shape index (κ2) is 3.94. The van der Waals surface area contributed by atoms with Crippen molar-refractivity contribution in [2.75, 3.05) is 0 Å². The fraction of sp³-hybridized carbons (Fsp3) is 0.273. The van der Waals surface area contributed by atoms with Crippen LogP contribution < -0.4 is 5.73 Å². The predicted octanol–water partition coefficient (Wildman–Crippen LogP) is 2.02. The summed E-state index contributed by atoms with van der Waals surface area (Å²) in [4.78, 5) is 0. The molecule has 62 valence electrons. The average molecular weight is 159 g/mol. The SMILES string of the molecule is C#CCC(N)c1ccc(C)cc1. The zero-order chi connectivity index (χ0) is 8.97. The van der Waals surface area contributed by atoms with E-state index in [0.29, 0.717) is 6.42 Å². The lowest BCUT2D eigenvalue weighted by Crippen LogP contribution is -2.08. The van der Waals surface area contributed by atoms with Crippen LogP contribution in [-0.4, -0.2) is 0 Å². The molecule has 1 nitrogen and oxygen atoms in total. The van der Waals surface area contributed by atoms with Crippen molar-refractivity contribution in [3.63, 3.8) is 0 Å². The lowest BCUT2D eigenvalue weighted by atomic mass is 10.0. The Kier molecular flexibility index (Phi) is 2.90. The van der Waals surface area contributed by atoms with Crippen LogP contribution in [0.4, 0.5) is 0 Å². The maximum atomic E-state index is 5.81. The summed E-state index contributed by atoms with van der Waals surface area (Å²) in [6, 6.07) is 8.13. The van der Waals surface area contributed by atoms with Gasteiger partial charge in [0.25, 0.3) is 0 Å². The molecule has 0 aliphatic heterocycles. The van der Waals surface area contributed by atoms with Crippen molar-refractivity contribution in [2.45, 2.75) is 19.4 Å². The van der Waals surface area contributed by atoms with E-state index in [9.17, 15) is 0 Å². The second-order valence-corrected chi connectivity index (χ2v) is 2.93. The Labute approximate surface area is 73.6 Å². The first-order chi connectivity index (χ1) is 5.74. The topological polar surface area (TPSA) is 26.0 Å². The molecule has 0 saturated carbocycles. The number of aryl methyl sites for hydroxylation is 1. The van der Waals surface area contributed by atoms with Gasteiger partial charge in [-0.25, -0.2) is 0 Å². The largest absolute Gasteiger partial charge is 0.323 e. The van der Waals surface area contributed by atoms with E-state index in [1.54, 1.807) is 0 Å². The van der Waals surface area contributed by atoms with E-state index in [2.05, 4.69) is 12.8 Å². The van der Waals surface area contributed by atoms with Gasteiger partial charge in [0, 0.05) is 12.5 Å². The van der Waals surface area contributed by atoms with E-state index in [0.717, 1.165) is 5.56 Å². The van der Waals surface area contributed by atoms with Gasteiger partial charge < -0.3 is 5.73 Å². The Morgan fingerprint density at radius 2 is 2.00 bits per heavy atom. The first kappa shape index (κ1) is 8.83. The molecule has 0 aromatic heterocycles. The normalized spacial score (nSPS) is 12.1. The summed E-state index contributed by atoms with van der Waals surface area (Å²) in [5, 5.41) is 0. The van der Waals surface area contributed by atoms with Gasteiger partial charge in [-0.2, -0.15) is 0 Å². The van der Waals surface area contributed by atoms with Crippen molar-refractivity contribution in [2.24, 2.45) is 5.73 Å². The maximum Gasteiger partial charge on any atom is 0.0405 e. The molecule has 1 aromatic carbocycles. The highest BCUT2D eigenvalue weighted by Crippen LogP contribution is 2.13. The molecule has 0 amide bonds. The second-order valence-electron chi connectivity index (χ2n) is 2.93. The highest BCUT2D eigenvalue weighted by molar-refractivity contribution is 5.24. The zero-order valence-corrected chi connectivity index (χ0v) is 7.25. The Bertz CT molecular complexity index is 279. The van der Waals surface area contributed by atoms with E-state index in [1.165, 1.54) is 5.56 Å². The molecule has 0 aliphatic carbocycles. The summed E-state index contributed by atoms with van der Waals surface area (Å²) in [6.07, 6.45) is 5.77. The van der Waals surface area contributed by atoms with Crippen molar-refractivity contribution >= 4 is 0 Å². The number of benzene rings is 1. The summed E-state index contributed by atoms with van der Waals surface area (Å²) in [5.41, 5.74) is 8.17. The van der Waals surface area contributed by atoms with Crippen LogP contribution in [0.1, 0.15) is 23.6 Å². The predicted molar refractivity (Wildman–Crippen MR) is 51.6 cm³/mol. The van der Waals surface area contributed by atoms with Gasteiger partial charge in [0.2, 0.25) is 0 Å². The van der Waals surface area contributed by atoms with Crippen molar-refractivity contribution in [1.29, 1.82) is 0 Å². The van der Waals surface area contributed by atoms with E-state index in [1.807, 2.05) is 24.3 Å². The summed E-state index contributed by atoms with van der Waals surface area (Å²) in [6.45, 7) is 2.05. The van der Waals surface area contributed by atoms with Gasteiger partial charge in [0.1, 0.15) is 0 Å². The van der Waals surface area contributed by atoms with Crippen LogP contribution in [-0.2, 0) is 0 Å². The molecule has 0 saturated heterocycles. The first-order valence-electron chi connectivity index (χ1n) is 3.99. The fourth-order valence-corrected chi connectivity index (χ4v) is 1.06. The van der Waals surface area contributed by atoms with Crippen molar-refractivity contribution in [1.82, 2.24) is 0 Å². The van der Waals surface area contributed by atoms with Crippen molar-refractivity contribution < 1.29 is 0 Å². The minimum Gasteiger partial charge on any atom is -0.323 e. The van der Waals surface area contributed by atoms with E-state index >= 15 is 0 Å². The zero-order valence-electron chi connectivity index (χ0n) is 7.25. The van der Waals surface area contributed by atoms with Gasteiger partial charge in [-0.1, -0.05) is 29.8 Å². The quantitative estimate of drug-likeness (QED) is 0.656. The van der Waals surface area contributed by atoms with Gasteiger partial charge in [-0.3, -0.25) is 0 Å². The molecule has 0 aliphatic rings. The van der Waals surface area contributed by atoms with Gasteiger partial charge in [0.15, 0.2) is 0 Å². The summed E-state index contributed by atoms with van der Waals surface area (Å²) < 4.78 is 0. The Morgan fingerprint density at radius 3 is 2.50 bits per heavy atom. The Balaban J connectivity index is 2.76. The highest BCUT2D eigenvalue weighted by Gasteiger charge is 2.02. The van der Waals surface area contributed by atoms with Crippen LogP contribution in [0.3, 0.4) is 0 Å². The molecule has 1 unspecified atom stereocenters.